The van der Waals surface area contributed by atoms with E-state index in [9.17, 15) is 0 Å². The number of ether oxygens (including phenoxy) is 1. The molecule has 0 aliphatic carbocycles. The van der Waals surface area contributed by atoms with Crippen LogP contribution in [0.25, 0.3) is 10.2 Å². The standard InChI is InChI=1S/C24H24N4OS/c1-3-7-17(8-4-1)14-29-15-20(18-9-5-2-6-10-18)28-23-22-19-11-12-25-13-21(19)30-24(22)27-16-26-23/h1-10,16,20,25H,11-15H2,(H,26,27,28)/t20-/m1/s1. The molecule has 0 radical (unpaired) electrons. The van der Waals surface area contributed by atoms with E-state index in [4.69, 9.17) is 4.74 Å². The molecule has 0 saturated heterocycles. The third-order valence-corrected chi connectivity index (χ3v) is 6.56. The second-order valence-electron chi connectivity index (χ2n) is 7.44. The molecule has 0 spiro atoms. The van der Waals surface area contributed by atoms with Gasteiger partial charge in [-0.2, -0.15) is 0 Å². The number of benzene rings is 2. The van der Waals surface area contributed by atoms with Crippen LogP contribution in [0.15, 0.2) is 67.0 Å². The Bertz CT molecular complexity index is 1110. The lowest BCUT2D eigenvalue weighted by molar-refractivity contribution is 0.112. The number of aromatic nitrogens is 2. The molecule has 0 saturated carbocycles. The zero-order chi connectivity index (χ0) is 20.2. The molecule has 6 heteroatoms. The number of hydrogen-bond acceptors (Lipinski definition) is 6. The Morgan fingerprint density at radius 1 is 1.03 bits per heavy atom. The van der Waals surface area contributed by atoms with Crippen molar-refractivity contribution < 1.29 is 4.74 Å². The molecule has 2 aromatic carbocycles. The molecule has 1 atom stereocenters. The fourth-order valence-corrected chi connectivity index (χ4v) is 5.07. The van der Waals surface area contributed by atoms with Crippen LogP contribution in [0.3, 0.4) is 0 Å². The predicted molar refractivity (Wildman–Crippen MR) is 122 cm³/mol. The van der Waals surface area contributed by atoms with Gasteiger partial charge in [0.1, 0.15) is 17.0 Å². The van der Waals surface area contributed by atoms with Crippen LogP contribution in [0.2, 0.25) is 0 Å². The van der Waals surface area contributed by atoms with Crippen molar-refractivity contribution in [3.8, 4) is 0 Å². The van der Waals surface area contributed by atoms with E-state index in [0.717, 1.165) is 30.2 Å². The maximum Gasteiger partial charge on any atom is 0.139 e. The SMILES string of the molecule is c1ccc(COC[C@@H](Nc2ncnc3sc4c(c23)CCNC4)c2ccccc2)cc1. The van der Waals surface area contributed by atoms with Crippen molar-refractivity contribution in [2.75, 3.05) is 18.5 Å². The topological polar surface area (TPSA) is 59.1 Å². The highest BCUT2D eigenvalue weighted by Crippen LogP contribution is 2.36. The number of nitrogens with one attached hydrogen (secondary N) is 2. The summed E-state index contributed by atoms with van der Waals surface area (Å²) in [6.45, 7) is 3.05. The molecule has 5 rings (SSSR count). The highest BCUT2D eigenvalue weighted by atomic mass is 32.1. The molecule has 3 heterocycles. The third kappa shape index (κ3) is 4.07. The van der Waals surface area contributed by atoms with E-state index in [-0.39, 0.29) is 6.04 Å². The number of hydrogen-bond donors (Lipinski definition) is 2. The molecule has 1 aliphatic heterocycles. The summed E-state index contributed by atoms with van der Waals surface area (Å²) in [5.74, 6) is 0.900. The molecule has 0 amide bonds. The number of thiophene rings is 1. The van der Waals surface area contributed by atoms with Crippen molar-refractivity contribution in [2.45, 2.75) is 25.6 Å². The summed E-state index contributed by atoms with van der Waals surface area (Å²) in [6.07, 6.45) is 2.67. The lowest BCUT2D eigenvalue weighted by atomic mass is 10.0. The smallest absolute Gasteiger partial charge is 0.139 e. The van der Waals surface area contributed by atoms with Gasteiger partial charge in [-0.15, -0.1) is 11.3 Å². The second-order valence-corrected chi connectivity index (χ2v) is 8.52. The van der Waals surface area contributed by atoms with Crippen LogP contribution in [0, 0.1) is 0 Å². The Kier molecular flexibility index (Phi) is 5.70. The van der Waals surface area contributed by atoms with Crippen molar-refractivity contribution in [2.24, 2.45) is 0 Å². The Balaban J connectivity index is 1.42. The number of anilines is 1. The van der Waals surface area contributed by atoms with Gasteiger partial charge in [0.25, 0.3) is 0 Å². The Morgan fingerprint density at radius 3 is 2.67 bits per heavy atom. The highest BCUT2D eigenvalue weighted by Gasteiger charge is 2.21. The maximum absolute atomic E-state index is 6.10. The van der Waals surface area contributed by atoms with Crippen LogP contribution >= 0.6 is 11.3 Å². The van der Waals surface area contributed by atoms with Crippen LogP contribution in [0.5, 0.6) is 0 Å². The van der Waals surface area contributed by atoms with Crippen LogP contribution < -0.4 is 10.6 Å². The van der Waals surface area contributed by atoms with Crippen LogP contribution in [-0.2, 0) is 24.3 Å². The van der Waals surface area contributed by atoms with E-state index in [2.05, 4.69) is 57.0 Å². The number of fused-ring (bicyclic) bond motifs is 3. The molecular weight excluding hydrogens is 392 g/mol. The monoisotopic (exact) mass is 416 g/mol. The summed E-state index contributed by atoms with van der Waals surface area (Å²) in [5, 5.41) is 8.29. The molecule has 0 bridgehead atoms. The van der Waals surface area contributed by atoms with Gasteiger partial charge in [-0.3, -0.25) is 0 Å². The van der Waals surface area contributed by atoms with Gasteiger partial charge in [0.2, 0.25) is 0 Å². The van der Waals surface area contributed by atoms with Crippen molar-refractivity contribution in [3.63, 3.8) is 0 Å². The van der Waals surface area contributed by atoms with Gasteiger partial charge in [-0.1, -0.05) is 60.7 Å². The van der Waals surface area contributed by atoms with Crippen molar-refractivity contribution >= 4 is 27.4 Å². The van der Waals surface area contributed by atoms with Crippen molar-refractivity contribution in [1.82, 2.24) is 15.3 Å². The average Bonchev–Trinajstić information content (AvgIpc) is 3.19. The third-order valence-electron chi connectivity index (χ3n) is 5.42. The van der Waals surface area contributed by atoms with E-state index in [1.807, 2.05) is 24.3 Å². The molecule has 2 aromatic heterocycles. The zero-order valence-corrected chi connectivity index (χ0v) is 17.5. The minimum absolute atomic E-state index is 0.00489. The molecule has 5 nitrogen and oxygen atoms in total. The summed E-state index contributed by atoms with van der Waals surface area (Å²) in [5.41, 5.74) is 3.74. The van der Waals surface area contributed by atoms with Gasteiger partial charge in [-0.05, 0) is 29.7 Å². The predicted octanol–water partition coefficient (Wildman–Crippen LogP) is 4.71. The molecule has 30 heavy (non-hydrogen) atoms. The van der Waals surface area contributed by atoms with Crippen LogP contribution in [0.1, 0.15) is 27.6 Å². The average molecular weight is 417 g/mol. The minimum atomic E-state index is 0.00489. The minimum Gasteiger partial charge on any atom is -0.374 e. The molecule has 4 aromatic rings. The van der Waals surface area contributed by atoms with Crippen LogP contribution in [0.4, 0.5) is 5.82 Å². The normalized spacial score (nSPS) is 14.4. The fourth-order valence-electron chi connectivity index (χ4n) is 3.91. The summed E-state index contributed by atoms with van der Waals surface area (Å²) >= 11 is 1.77. The van der Waals surface area contributed by atoms with E-state index in [1.54, 1.807) is 17.7 Å². The summed E-state index contributed by atoms with van der Waals surface area (Å²) in [6, 6.07) is 20.7. The van der Waals surface area contributed by atoms with Gasteiger partial charge in [0.15, 0.2) is 0 Å². The van der Waals surface area contributed by atoms with Gasteiger partial charge in [0.05, 0.1) is 24.6 Å². The van der Waals surface area contributed by atoms with Gasteiger partial charge in [0, 0.05) is 11.4 Å². The largest absolute Gasteiger partial charge is 0.374 e. The molecule has 1 aliphatic rings. The van der Waals surface area contributed by atoms with Gasteiger partial charge < -0.3 is 15.4 Å². The second kappa shape index (κ2) is 8.92. The van der Waals surface area contributed by atoms with E-state index >= 15 is 0 Å². The highest BCUT2D eigenvalue weighted by molar-refractivity contribution is 7.19. The molecule has 152 valence electrons. The quantitative estimate of drug-likeness (QED) is 0.457. The first kappa shape index (κ1) is 19.2. The fraction of sp³-hybridized carbons (Fsp3) is 0.250. The van der Waals surface area contributed by atoms with Gasteiger partial charge in [-0.25, -0.2) is 9.97 Å². The molecule has 0 unspecified atom stereocenters. The summed E-state index contributed by atoms with van der Waals surface area (Å²) in [4.78, 5) is 11.6. The van der Waals surface area contributed by atoms with Crippen molar-refractivity contribution in [3.05, 3.63) is 88.6 Å². The molecule has 0 fully saturated rings. The van der Waals surface area contributed by atoms with E-state index < -0.39 is 0 Å². The molecular formula is C24H24N4OS. The maximum atomic E-state index is 6.10. The number of rotatable bonds is 7. The molecule has 2 N–H and O–H groups in total. The van der Waals surface area contributed by atoms with Crippen LogP contribution in [-0.4, -0.2) is 23.1 Å². The Morgan fingerprint density at radius 2 is 1.83 bits per heavy atom. The van der Waals surface area contributed by atoms with Gasteiger partial charge >= 0.3 is 0 Å². The lowest BCUT2D eigenvalue weighted by Gasteiger charge is -2.21. The summed E-state index contributed by atoms with van der Waals surface area (Å²) in [7, 11) is 0. The van der Waals surface area contributed by atoms with E-state index in [1.165, 1.54) is 27.0 Å². The first-order valence-electron chi connectivity index (χ1n) is 10.3. The number of nitrogens with zero attached hydrogens (tertiary/aromatic N) is 2. The Hall–Kier alpha value is -2.80. The Labute approximate surface area is 180 Å². The van der Waals surface area contributed by atoms with Crippen molar-refractivity contribution in [1.29, 1.82) is 0 Å². The summed E-state index contributed by atoms with van der Waals surface area (Å²) < 4.78 is 6.10. The lowest BCUT2D eigenvalue weighted by Crippen LogP contribution is -2.22. The van der Waals surface area contributed by atoms with E-state index in [0.29, 0.717) is 13.2 Å². The first-order valence-corrected chi connectivity index (χ1v) is 11.1. The first-order chi connectivity index (χ1) is 14.9. The zero-order valence-electron chi connectivity index (χ0n) is 16.7.